The van der Waals surface area contributed by atoms with Crippen molar-refractivity contribution in [2.24, 2.45) is 0 Å². The summed E-state index contributed by atoms with van der Waals surface area (Å²) in [6.07, 6.45) is 5.97. The quantitative estimate of drug-likeness (QED) is 0.941. The Morgan fingerprint density at radius 2 is 2.13 bits per heavy atom. The zero-order chi connectivity index (χ0) is 16.2. The molecule has 0 aliphatic carbocycles. The standard InChI is InChI=1S/C18H24N4O/c1-3-21-12-10-19-17(21)15-5-4-11-22(13-15)18(23)20-16-8-6-14(2)7-9-16/h6-10,12,15H,3-5,11,13H2,1-2H3,(H,20,23)/t15-/m0/s1. The summed E-state index contributed by atoms with van der Waals surface area (Å²) in [4.78, 5) is 18.9. The van der Waals surface area contributed by atoms with Crippen LogP contribution >= 0.6 is 0 Å². The number of aryl methyl sites for hydroxylation is 2. The highest BCUT2D eigenvalue weighted by Gasteiger charge is 2.27. The largest absolute Gasteiger partial charge is 0.335 e. The van der Waals surface area contributed by atoms with Crippen LogP contribution < -0.4 is 5.32 Å². The summed E-state index contributed by atoms with van der Waals surface area (Å²) < 4.78 is 2.17. The Bertz CT molecular complexity index is 662. The third-order valence-corrected chi connectivity index (χ3v) is 4.46. The highest BCUT2D eigenvalue weighted by atomic mass is 16.2. The Morgan fingerprint density at radius 3 is 2.87 bits per heavy atom. The fraction of sp³-hybridized carbons (Fsp3) is 0.444. The maximum atomic E-state index is 12.5. The van der Waals surface area contributed by atoms with E-state index in [1.807, 2.05) is 48.5 Å². The summed E-state index contributed by atoms with van der Waals surface area (Å²) >= 11 is 0. The molecule has 5 heteroatoms. The molecule has 1 N–H and O–H groups in total. The normalized spacial score (nSPS) is 18.0. The number of urea groups is 1. The van der Waals surface area contributed by atoms with Crippen LogP contribution in [0.25, 0.3) is 0 Å². The number of hydrogen-bond donors (Lipinski definition) is 1. The molecule has 3 rings (SSSR count). The molecule has 2 aromatic rings. The Kier molecular flexibility index (Phi) is 4.65. The second-order valence-electron chi connectivity index (χ2n) is 6.15. The molecule has 1 aromatic carbocycles. The first-order valence-corrected chi connectivity index (χ1v) is 8.31. The number of piperidine rings is 1. The average molecular weight is 312 g/mol. The van der Waals surface area contributed by atoms with Crippen LogP contribution in [-0.2, 0) is 6.54 Å². The van der Waals surface area contributed by atoms with Gasteiger partial charge in [0.2, 0.25) is 0 Å². The Hall–Kier alpha value is -2.30. The lowest BCUT2D eigenvalue weighted by Gasteiger charge is -2.32. The van der Waals surface area contributed by atoms with Gasteiger partial charge in [0.05, 0.1) is 0 Å². The summed E-state index contributed by atoms with van der Waals surface area (Å²) in [6.45, 7) is 6.61. The lowest BCUT2D eigenvalue weighted by atomic mass is 9.97. The van der Waals surface area contributed by atoms with Crippen molar-refractivity contribution in [2.75, 3.05) is 18.4 Å². The number of benzene rings is 1. The van der Waals surface area contributed by atoms with E-state index in [4.69, 9.17) is 0 Å². The number of amides is 2. The molecule has 1 atom stereocenters. The first-order chi connectivity index (χ1) is 11.2. The average Bonchev–Trinajstić information content (AvgIpc) is 3.06. The summed E-state index contributed by atoms with van der Waals surface area (Å²) in [5.41, 5.74) is 2.03. The third-order valence-electron chi connectivity index (χ3n) is 4.46. The number of nitrogens with zero attached hydrogens (tertiary/aromatic N) is 3. The molecular weight excluding hydrogens is 288 g/mol. The number of imidazole rings is 1. The minimum Gasteiger partial charge on any atom is -0.335 e. The molecule has 5 nitrogen and oxygen atoms in total. The van der Waals surface area contributed by atoms with Crippen LogP contribution in [0.1, 0.15) is 37.1 Å². The van der Waals surface area contributed by atoms with E-state index in [2.05, 4.69) is 21.8 Å². The molecule has 2 heterocycles. The maximum absolute atomic E-state index is 12.5. The van der Waals surface area contributed by atoms with Crippen molar-refractivity contribution in [3.8, 4) is 0 Å². The SMILES string of the molecule is CCn1ccnc1[C@H]1CCCN(C(=O)Nc2ccc(C)cc2)C1. The highest BCUT2D eigenvalue weighted by molar-refractivity contribution is 5.89. The van der Waals surface area contributed by atoms with Gasteiger partial charge in [-0.05, 0) is 38.8 Å². The number of hydrogen-bond acceptors (Lipinski definition) is 2. The van der Waals surface area contributed by atoms with Gasteiger partial charge in [0.15, 0.2) is 0 Å². The van der Waals surface area contributed by atoms with Crippen molar-refractivity contribution < 1.29 is 4.79 Å². The van der Waals surface area contributed by atoms with E-state index < -0.39 is 0 Å². The number of nitrogens with one attached hydrogen (secondary N) is 1. The minimum atomic E-state index is -0.0202. The number of rotatable bonds is 3. The van der Waals surface area contributed by atoms with Gasteiger partial charge >= 0.3 is 6.03 Å². The van der Waals surface area contributed by atoms with Gasteiger partial charge in [-0.1, -0.05) is 17.7 Å². The molecule has 23 heavy (non-hydrogen) atoms. The molecule has 122 valence electrons. The molecular formula is C18H24N4O. The zero-order valence-electron chi connectivity index (χ0n) is 13.8. The van der Waals surface area contributed by atoms with Crippen LogP contribution in [0, 0.1) is 6.92 Å². The van der Waals surface area contributed by atoms with Crippen LogP contribution in [0.2, 0.25) is 0 Å². The molecule has 1 fully saturated rings. The predicted octanol–water partition coefficient (Wildman–Crippen LogP) is 3.62. The Labute approximate surface area is 137 Å². The minimum absolute atomic E-state index is 0.0202. The fourth-order valence-corrected chi connectivity index (χ4v) is 3.16. The molecule has 0 saturated carbocycles. The molecule has 1 saturated heterocycles. The first-order valence-electron chi connectivity index (χ1n) is 8.31. The van der Waals surface area contributed by atoms with Crippen LogP contribution in [0.5, 0.6) is 0 Å². The lowest BCUT2D eigenvalue weighted by Crippen LogP contribution is -2.42. The third kappa shape index (κ3) is 3.55. The van der Waals surface area contributed by atoms with E-state index in [0.717, 1.165) is 44.0 Å². The molecule has 0 spiro atoms. The van der Waals surface area contributed by atoms with Crippen molar-refractivity contribution in [2.45, 2.75) is 39.2 Å². The van der Waals surface area contributed by atoms with Crippen LogP contribution in [0.15, 0.2) is 36.7 Å². The second-order valence-corrected chi connectivity index (χ2v) is 6.15. The zero-order valence-corrected chi connectivity index (χ0v) is 13.8. The predicted molar refractivity (Wildman–Crippen MR) is 91.6 cm³/mol. The number of aromatic nitrogens is 2. The fourth-order valence-electron chi connectivity index (χ4n) is 3.16. The molecule has 2 amide bonds. The summed E-state index contributed by atoms with van der Waals surface area (Å²) in [5, 5.41) is 2.99. The summed E-state index contributed by atoms with van der Waals surface area (Å²) in [6, 6.07) is 7.88. The second kappa shape index (κ2) is 6.86. The summed E-state index contributed by atoms with van der Waals surface area (Å²) in [7, 11) is 0. The summed E-state index contributed by atoms with van der Waals surface area (Å²) in [5.74, 6) is 1.42. The van der Waals surface area contributed by atoms with E-state index in [1.165, 1.54) is 5.56 Å². The van der Waals surface area contributed by atoms with Crippen molar-refractivity contribution in [1.82, 2.24) is 14.5 Å². The molecule has 1 aliphatic heterocycles. The van der Waals surface area contributed by atoms with Crippen molar-refractivity contribution >= 4 is 11.7 Å². The van der Waals surface area contributed by atoms with E-state index in [0.29, 0.717) is 5.92 Å². The Balaban J connectivity index is 1.66. The van der Waals surface area contributed by atoms with E-state index in [9.17, 15) is 4.79 Å². The molecule has 0 unspecified atom stereocenters. The lowest BCUT2D eigenvalue weighted by molar-refractivity contribution is 0.190. The smallest absolute Gasteiger partial charge is 0.321 e. The number of likely N-dealkylation sites (tertiary alicyclic amines) is 1. The highest BCUT2D eigenvalue weighted by Crippen LogP contribution is 2.26. The van der Waals surface area contributed by atoms with Crippen molar-refractivity contribution in [3.05, 3.63) is 48.0 Å². The van der Waals surface area contributed by atoms with Crippen LogP contribution in [0.3, 0.4) is 0 Å². The van der Waals surface area contributed by atoms with E-state index >= 15 is 0 Å². The van der Waals surface area contributed by atoms with E-state index in [1.54, 1.807) is 0 Å². The van der Waals surface area contributed by atoms with Crippen molar-refractivity contribution in [1.29, 1.82) is 0 Å². The van der Waals surface area contributed by atoms with Gasteiger partial charge < -0.3 is 14.8 Å². The van der Waals surface area contributed by atoms with Crippen LogP contribution in [0.4, 0.5) is 10.5 Å². The van der Waals surface area contributed by atoms with Gasteiger partial charge in [-0.3, -0.25) is 0 Å². The topological polar surface area (TPSA) is 50.2 Å². The first kappa shape index (κ1) is 15.6. The number of carbonyl (C=O) groups is 1. The number of anilines is 1. The monoisotopic (exact) mass is 312 g/mol. The van der Waals surface area contributed by atoms with Gasteiger partial charge in [-0.15, -0.1) is 0 Å². The number of carbonyl (C=O) groups excluding carboxylic acids is 1. The molecule has 0 radical (unpaired) electrons. The van der Waals surface area contributed by atoms with Gasteiger partial charge in [-0.2, -0.15) is 0 Å². The Morgan fingerprint density at radius 1 is 1.35 bits per heavy atom. The maximum Gasteiger partial charge on any atom is 0.321 e. The van der Waals surface area contributed by atoms with Gasteiger partial charge in [0.1, 0.15) is 5.82 Å². The molecule has 1 aliphatic rings. The van der Waals surface area contributed by atoms with Gasteiger partial charge in [-0.25, -0.2) is 9.78 Å². The molecule has 1 aromatic heterocycles. The van der Waals surface area contributed by atoms with Gasteiger partial charge in [0.25, 0.3) is 0 Å². The molecule has 0 bridgehead atoms. The van der Waals surface area contributed by atoms with E-state index in [-0.39, 0.29) is 6.03 Å². The van der Waals surface area contributed by atoms with Crippen molar-refractivity contribution in [3.63, 3.8) is 0 Å². The van der Waals surface area contributed by atoms with Crippen LogP contribution in [-0.4, -0.2) is 33.6 Å². The van der Waals surface area contributed by atoms with Gasteiger partial charge in [0, 0.05) is 43.6 Å².